The van der Waals surface area contributed by atoms with Crippen LogP contribution in [0.2, 0.25) is 0 Å². The Hall–Kier alpha value is -2.08. The van der Waals surface area contributed by atoms with Crippen molar-refractivity contribution in [1.82, 2.24) is 4.90 Å². The monoisotopic (exact) mass is 390 g/mol. The van der Waals surface area contributed by atoms with Gasteiger partial charge in [-0.2, -0.15) is 0 Å². The molecular formula is C21H27ClN2O3. The number of halogens is 1. The number of benzene rings is 2. The Morgan fingerprint density at radius 3 is 2.37 bits per heavy atom. The van der Waals surface area contributed by atoms with Gasteiger partial charge < -0.3 is 15.5 Å². The number of amides is 1. The summed E-state index contributed by atoms with van der Waals surface area (Å²) in [6, 6.07) is 15.0. The molecule has 0 aromatic heterocycles. The molecule has 0 atom stereocenters. The number of aliphatic hydroxyl groups is 1. The maximum absolute atomic E-state index is 12.2. The van der Waals surface area contributed by atoms with Crippen molar-refractivity contribution in [1.29, 1.82) is 0 Å². The number of carbonyl (C=O) groups excluding carboxylic acids is 1. The Balaban J connectivity index is 0.00000261. The molecule has 0 unspecified atom stereocenters. The lowest BCUT2D eigenvalue weighted by atomic mass is 9.85. The van der Waals surface area contributed by atoms with Crippen molar-refractivity contribution in [3.8, 4) is 5.75 Å². The molecular weight excluding hydrogens is 364 g/mol. The fourth-order valence-electron chi connectivity index (χ4n) is 3.36. The van der Waals surface area contributed by atoms with Crippen molar-refractivity contribution in [3.05, 3.63) is 59.7 Å². The van der Waals surface area contributed by atoms with Gasteiger partial charge in [-0.3, -0.25) is 9.69 Å². The van der Waals surface area contributed by atoms with Gasteiger partial charge >= 0.3 is 0 Å². The number of carbonyl (C=O) groups is 1. The molecule has 1 saturated heterocycles. The number of piperidine rings is 1. The van der Waals surface area contributed by atoms with E-state index in [-0.39, 0.29) is 30.6 Å². The molecule has 3 N–H and O–H groups in total. The molecule has 1 aliphatic heterocycles. The molecule has 2 aromatic rings. The second kappa shape index (κ2) is 9.22. The van der Waals surface area contributed by atoms with Crippen LogP contribution in [0.1, 0.15) is 24.0 Å². The Labute approximate surface area is 166 Å². The SMILES string of the molecule is Cc1ccc(CC2(O)CCN(CC(=O)Nc3ccccc3O)CC2)cc1.Cl. The van der Waals surface area contributed by atoms with Crippen LogP contribution in [0.15, 0.2) is 48.5 Å². The number of nitrogens with one attached hydrogen (secondary N) is 1. The number of phenolic OH excluding ortho intramolecular Hbond substituents is 1. The summed E-state index contributed by atoms with van der Waals surface area (Å²) in [4.78, 5) is 14.2. The molecule has 0 spiro atoms. The van der Waals surface area contributed by atoms with Crippen LogP contribution in [0.3, 0.4) is 0 Å². The number of phenols is 1. The minimum Gasteiger partial charge on any atom is -0.506 e. The van der Waals surface area contributed by atoms with E-state index in [1.807, 2.05) is 4.90 Å². The zero-order chi connectivity index (χ0) is 18.6. The largest absolute Gasteiger partial charge is 0.506 e. The molecule has 0 aliphatic carbocycles. The van der Waals surface area contributed by atoms with Crippen molar-refractivity contribution in [2.24, 2.45) is 0 Å². The van der Waals surface area contributed by atoms with Crippen molar-refractivity contribution < 1.29 is 15.0 Å². The van der Waals surface area contributed by atoms with Crippen molar-refractivity contribution in [3.63, 3.8) is 0 Å². The summed E-state index contributed by atoms with van der Waals surface area (Å²) in [5.41, 5.74) is 2.07. The van der Waals surface area contributed by atoms with Gasteiger partial charge in [-0.15, -0.1) is 12.4 Å². The summed E-state index contributed by atoms with van der Waals surface area (Å²) < 4.78 is 0. The van der Waals surface area contributed by atoms with Gasteiger partial charge in [0, 0.05) is 19.5 Å². The van der Waals surface area contributed by atoms with Gasteiger partial charge in [0.15, 0.2) is 0 Å². The Morgan fingerprint density at radius 1 is 1.11 bits per heavy atom. The lowest BCUT2D eigenvalue weighted by molar-refractivity contribution is -0.118. The van der Waals surface area contributed by atoms with Gasteiger partial charge in [0.25, 0.3) is 0 Å². The lowest BCUT2D eigenvalue weighted by Gasteiger charge is -2.38. The standard InChI is InChI=1S/C21H26N2O3.ClH/c1-16-6-8-17(9-7-16)14-21(26)10-12-23(13-11-21)15-20(25)22-18-4-2-3-5-19(18)24;/h2-9,24,26H,10-15H2,1H3,(H,22,25);1H. The topological polar surface area (TPSA) is 72.8 Å². The molecule has 0 bridgehead atoms. The minimum atomic E-state index is -0.708. The maximum Gasteiger partial charge on any atom is 0.238 e. The first-order valence-electron chi connectivity index (χ1n) is 9.02. The third-order valence-corrected chi connectivity index (χ3v) is 4.99. The normalized spacial score (nSPS) is 16.4. The fraction of sp³-hybridized carbons (Fsp3) is 0.381. The van der Waals surface area contributed by atoms with Gasteiger partial charge in [0.05, 0.1) is 17.8 Å². The zero-order valence-electron chi connectivity index (χ0n) is 15.5. The van der Waals surface area contributed by atoms with E-state index in [0.717, 1.165) is 5.56 Å². The number of para-hydroxylation sites is 2. The highest BCUT2D eigenvalue weighted by molar-refractivity contribution is 5.93. The number of rotatable bonds is 5. The molecule has 6 heteroatoms. The van der Waals surface area contributed by atoms with E-state index in [2.05, 4.69) is 36.5 Å². The van der Waals surface area contributed by atoms with E-state index in [1.165, 1.54) is 5.56 Å². The second-order valence-corrected chi connectivity index (χ2v) is 7.23. The smallest absolute Gasteiger partial charge is 0.238 e. The van der Waals surface area contributed by atoms with Crippen LogP contribution >= 0.6 is 12.4 Å². The molecule has 27 heavy (non-hydrogen) atoms. The van der Waals surface area contributed by atoms with Crippen molar-refractivity contribution in [2.45, 2.75) is 31.8 Å². The minimum absolute atomic E-state index is 0. The average Bonchev–Trinajstić information content (AvgIpc) is 2.61. The molecule has 1 amide bonds. The predicted octanol–water partition coefficient (Wildman–Crippen LogP) is 3.13. The highest BCUT2D eigenvalue weighted by Crippen LogP contribution is 2.27. The first-order chi connectivity index (χ1) is 12.4. The Bertz CT molecular complexity index is 756. The van der Waals surface area contributed by atoms with Gasteiger partial charge in [0.1, 0.15) is 5.75 Å². The van der Waals surface area contributed by atoms with Gasteiger partial charge in [0.2, 0.25) is 5.91 Å². The third kappa shape index (κ3) is 5.96. The molecule has 1 heterocycles. The molecule has 146 valence electrons. The molecule has 0 saturated carbocycles. The molecule has 1 fully saturated rings. The number of aromatic hydroxyl groups is 1. The lowest BCUT2D eigenvalue weighted by Crippen LogP contribution is -2.47. The molecule has 5 nitrogen and oxygen atoms in total. The van der Waals surface area contributed by atoms with E-state index in [4.69, 9.17) is 0 Å². The van der Waals surface area contributed by atoms with E-state index < -0.39 is 5.60 Å². The maximum atomic E-state index is 12.2. The van der Waals surface area contributed by atoms with Crippen LogP contribution in [0.5, 0.6) is 5.75 Å². The number of nitrogens with zero attached hydrogens (tertiary/aromatic N) is 1. The molecule has 3 rings (SSSR count). The Morgan fingerprint density at radius 2 is 1.74 bits per heavy atom. The summed E-state index contributed by atoms with van der Waals surface area (Å²) in [7, 11) is 0. The number of hydrogen-bond donors (Lipinski definition) is 3. The van der Waals surface area contributed by atoms with Gasteiger partial charge in [-0.25, -0.2) is 0 Å². The predicted molar refractivity (Wildman–Crippen MR) is 109 cm³/mol. The molecule has 1 aliphatic rings. The van der Waals surface area contributed by atoms with Crippen molar-refractivity contribution in [2.75, 3.05) is 25.0 Å². The van der Waals surface area contributed by atoms with Crippen molar-refractivity contribution >= 4 is 24.0 Å². The van der Waals surface area contributed by atoms with Gasteiger partial charge in [-0.05, 0) is 37.5 Å². The fourth-order valence-corrected chi connectivity index (χ4v) is 3.36. The highest BCUT2D eigenvalue weighted by atomic mass is 35.5. The zero-order valence-corrected chi connectivity index (χ0v) is 16.3. The van der Waals surface area contributed by atoms with E-state index in [9.17, 15) is 15.0 Å². The summed E-state index contributed by atoms with van der Waals surface area (Å²) in [6.45, 7) is 3.67. The van der Waals surface area contributed by atoms with Crippen LogP contribution in [-0.4, -0.2) is 46.3 Å². The van der Waals surface area contributed by atoms with E-state index >= 15 is 0 Å². The highest BCUT2D eigenvalue weighted by Gasteiger charge is 2.32. The van der Waals surface area contributed by atoms with E-state index in [1.54, 1.807) is 24.3 Å². The molecule has 0 radical (unpaired) electrons. The summed E-state index contributed by atoms with van der Waals surface area (Å²) in [5.74, 6) is -0.0950. The first-order valence-corrected chi connectivity index (χ1v) is 9.02. The summed E-state index contributed by atoms with van der Waals surface area (Å²) in [6.07, 6.45) is 1.93. The van der Waals surface area contributed by atoms with Gasteiger partial charge in [-0.1, -0.05) is 42.0 Å². The number of anilines is 1. The number of likely N-dealkylation sites (tertiary alicyclic amines) is 1. The number of hydrogen-bond acceptors (Lipinski definition) is 4. The van der Waals surface area contributed by atoms with Crippen LogP contribution < -0.4 is 5.32 Å². The second-order valence-electron chi connectivity index (χ2n) is 7.23. The first kappa shape index (κ1) is 21.2. The Kier molecular flexibility index (Phi) is 7.25. The van der Waals surface area contributed by atoms with Crippen LogP contribution in [-0.2, 0) is 11.2 Å². The average molecular weight is 391 g/mol. The van der Waals surface area contributed by atoms with Crippen LogP contribution in [0.4, 0.5) is 5.69 Å². The summed E-state index contributed by atoms with van der Waals surface area (Å²) in [5, 5.41) is 23.3. The third-order valence-electron chi connectivity index (χ3n) is 4.99. The number of aryl methyl sites for hydroxylation is 1. The van der Waals surface area contributed by atoms with Crippen LogP contribution in [0.25, 0.3) is 0 Å². The quantitative estimate of drug-likeness (QED) is 0.686. The summed E-state index contributed by atoms with van der Waals surface area (Å²) >= 11 is 0. The van der Waals surface area contributed by atoms with E-state index in [0.29, 0.717) is 38.0 Å². The van der Waals surface area contributed by atoms with Crippen LogP contribution in [0, 0.1) is 6.92 Å². The molecule has 2 aromatic carbocycles.